The minimum Gasteiger partial charge on any atom is -0.462 e. The van der Waals surface area contributed by atoms with Crippen LogP contribution in [0.25, 0.3) is 0 Å². The molecule has 0 bridgehead atoms. The van der Waals surface area contributed by atoms with Crippen molar-refractivity contribution >= 4 is 24.2 Å². The van der Waals surface area contributed by atoms with Gasteiger partial charge in [0.2, 0.25) is 0 Å². The largest absolute Gasteiger partial charge is 0.462 e. The van der Waals surface area contributed by atoms with Gasteiger partial charge in [-0.15, -0.1) is 0 Å². The summed E-state index contributed by atoms with van der Waals surface area (Å²) < 4.78 is 54.1. The van der Waals surface area contributed by atoms with Crippen LogP contribution in [0.15, 0.2) is 12.2 Å². The summed E-state index contributed by atoms with van der Waals surface area (Å²) in [5, 5.41) is 34.5. The highest BCUT2D eigenvalue weighted by Gasteiger charge is 2.53. The van der Waals surface area contributed by atoms with Gasteiger partial charge in [0.15, 0.2) is 18.7 Å². The Balaban J connectivity index is 1.65. The van der Waals surface area contributed by atoms with Gasteiger partial charge in [0.05, 0.1) is 43.0 Å². The smallest absolute Gasteiger partial charge is 0.309 e. The molecule has 0 spiro atoms. The molecule has 0 aromatic heterocycles. The van der Waals surface area contributed by atoms with Crippen LogP contribution in [0.1, 0.15) is 87.0 Å². The van der Waals surface area contributed by atoms with Crippen molar-refractivity contribution in [3.63, 3.8) is 0 Å². The number of esters is 3. The van der Waals surface area contributed by atoms with Crippen LogP contribution in [0, 0.1) is 11.8 Å². The molecule has 3 N–H and O–H groups in total. The number of likely N-dealkylation sites (N-methyl/N-ethyl adjacent to an activating group) is 1. The number of hydrogen-bond donors (Lipinski definition) is 3. The first-order valence-corrected chi connectivity index (χ1v) is 20.0. The van der Waals surface area contributed by atoms with Crippen molar-refractivity contribution in [2.45, 2.75) is 184 Å². The van der Waals surface area contributed by atoms with Gasteiger partial charge in [-0.3, -0.25) is 14.4 Å². The summed E-state index contributed by atoms with van der Waals surface area (Å²) in [6, 6.07) is -0.782. The average Bonchev–Trinajstić information content (AvgIpc) is 3.86. The maximum atomic E-state index is 13.3. The fraction of sp³-hybridized carbons (Fsp3) is 0.850. The third-order valence-electron chi connectivity index (χ3n) is 11.3. The lowest BCUT2D eigenvalue weighted by Gasteiger charge is -2.50. The van der Waals surface area contributed by atoms with E-state index < -0.39 is 121 Å². The lowest BCUT2D eigenvalue weighted by Crippen LogP contribution is -2.66. The highest BCUT2D eigenvalue weighted by atomic mass is 16.7. The van der Waals surface area contributed by atoms with E-state index in [0.29, 0.717) is 12.7 Å². The standard InChI is InChI=1S/C40H65NO16/c1-11-30(45)55-38-23(5)51-32(19-40(38,7)48)56-35-22(4)52-39(34(47)33(35)41(8)9)57-36-25(14-15-42)16-20(2)26(44)12-13-27-28(54-27)17-21(3)50-31(46)18-29(37(36)49-10)53-24(6)43/h12-13,15,20-23,25-29,32-39,44,47-48H,11,14,16-19H2,1-10H3/b13-12+/t20-,21-,22+,23-,25+,26+,27-,28+,29-,32+,33+,34+,35+,36+,37-,38-,39-,40-/m1/s1. The maximum Gasteiger partial charge on any atom is 0.309 e. The van der Waals surface area contributed by atoms with Crippen LogP contribution in [0.5, 0.6) is 0 Å². The van der Waals surface area contributed by atoms with Crippen molar-refractivity contribution in [2.24, 2.45) is 11.8 Å². The Bertz CT molecular complexity index is 1380. The first kappa shape index (κ1) is 47.1. The number of ether oxygens (including phenoxy) is 9. The second-order valence-electron chi connectivity index (χ2n) is 16.4. The molecule has 0 radical (unpaired) electrons. The zero-order valence-corrected chi connectivity index (χ0v) is 34.9. The summed E-state index contributed by atoms with van der Waals surface area (Å²) >= 11 is 0. The molecule has 0 aromatic rings. The monoisotopic (exact) mass is 815 g/mol. The van der Waals surface area contributed by atoms with Gasteiger partial charge in [0, 0.05) is 39.7 Å². The Morgan fingerprint density at radius 1 is 0.982 bits per heavy atom. The summed E-state index contributed by atoms with van der Waals surface area (Å²) in [5.74, 6) is -2.95. The molecule has 57 heavy (non-hydrogen) atoms. The number of nitrogens with zero attached hydrogens (tertiary/aromatic N) is 1. The summed E-state index contributed by atoms with van der Waals surface area (Å²) in [6.45, 7) is 11.4. The van der Waals surface area contributed by atoms with Gasteiger partial charge in [-0.05, 0) is 60.0 Å². The second-order valence-corrected chi connectivity index (χ2v) is 16.4. The van der Waals surface area contributed by atoms with Crippen molar-refractivity contribution in [3.05, 3.63) is 12.2 Å². The van der Waals surface area contributed by atoms with Crippen LogP contribution in [-0.4, -0.2) is 163 Å². The third kappa shape index (κ3) is 12.5. The molecule has 4 aliphatic heterocycles. The fourth-order valence-electron chi connectivity index (χ4n) is 8.32. The molecular weight excluding hydrogens is 750 g/mol. The van der Waals surface area contributed by atoms with E-state index in [1.807, 2.05) is 6.92 Å². The lowest BCUT2D eigenvalue weighted by molar-refractivity contribution is -0.344. The zero-order chi connectivity index (χ0) is 42.4. The van der Waals surface area contributed by atoms with Crippen LogP contribution >= 0.6 is 0 Å². The summed E-state index contributed by atoms with van der Waals surface area (Å²) in [5.41, 5.74) is -1.49. The third-order valence-corrected chi connectivity index (χ3v) is 11.3. The second kappa shape index (κ2) is 20.6. The number of fused-ring (bicyclic) bond motifs is 1. The number of aliphatic hydroxyl groups is 3. The lowest BCUT2D eigenvalue weighted by atomic mass is 9.82. The predicted octanol–water partition coefficient (Wildman–Crippen LogP) is 1.59. The first-order valence-electron chi connectivity index (χ1n) is 20.0. The van der Waals surface area contributed by atoms with Gasteiger partial charge in [0.25, 0.3) is 0 Å². The molecule has 0 aliphatic carbocycles. The number of cyclic esters (lactones) is 1. The number of carbonyl (C=O) groups is 4. The molecule has 4 rings (SSSR count). The highest BCUT2D eigenvalue weighted by molar-refractivity contribution is 5.72. The molecule has 18 atom stereocenters. The van der Waals surface area contributed by atoms with Crippen LogP contribution in [0.3, 0.4) is 0 Å². The number of hydrogen-bond acceptors (Lipinski definition) is 17. The van der Waals surface area contributed by atoms with Crippen molar-refractivity contribution in [1.82, 2.24) is 4.90 Å². The van der Waals surface area contributed by atoms with E-state index in [4.69, 9.17) is 42.6 Å². The van der Waals surface area contributed by atoms with Gasteiger partial charge < -0.3 is 67.6 Å². The van der Waals surface area contributed by atoms with Crippen molar-refractivity contribution in [3.8, 4) is 0 Å². The number of rotatable bonds is 11. The molecule has 0 unspecified atom stereocenters. The molecule has 326 valence electrons. The predicted molar refractivity (Wildman–Crippen MR) is 200 cm³/mol. The maximum absolute atomic E-state index is 13.3. The number of epoxide rings is 1. The van der Waals surface area contributed by atoms with E-state index in [1.165, 1.54) is 14.0 Å². The number of aliphatic hydroxyl groups excluding tert-OH is 2. The molecule has 17 heteroatoms. The quantitative estimate of drug-likeness (QED) is 0.0887. The molecular formula is C40H65NO16. The van der Waals surface area contributed by atoms with E-state index >= 15 is 0 Å². The van der Waals surface area contributed by atoms with E-state index in [0.717, 1.165) is 0 Å². The van der Waals surface area contributed by atoms with Crippen LogP contribution in [-0.2, 0) is 61.8 Å². The Labute approximate surface area is 335 Å². The van der Waals surface area contributed by atoms with Gasteiger partial charge >= 0.3 is 17.9 Å². The molecule has 3 fully saturated rings. The zero-order valence-electron chi connectivity index (χ0n) is 34.9. The van der Waals surface area contributed by atoms with E-state index in [2.05, 4.69) is 0 Å². The molecule has 17 nitrogen and oxygen atoms in total. The first-order chi connectivity index (χ1) is 26.8. The Morgan fingerprint density at radius 3 is 2.28 bits per heavy atom. The van der Waals surface area contributed by atoms with E-state index in [-0.39, 0.29) is 37.9 Å². The highest BCUT2D eigenvalue weighted by Crippen LogP contribution is 2.38. The Hall–Kier alpha value is -2.58. The van der Waals surface area contributed by atoms with E-state index in [1.54, 1.807) is 65.8 Å². The molecule has 3 saturated heterocycles. The summed E-state index contributed by atoms with van der Waals surface area (Å²) in [7, 11) is 4.84. The topological polar surface area (TPSA) is 219 Å². The van der Waals surface area contributed by atoms with Crippen molar-refractivity contribution < 1.29 is 77.1 Å². The Morgan fingerprint density at radius 2 is 1.68 bits per heavy atom. The van der Waals surface area contributed by atoms with Crippen molar-refractivity contribution in [2.75, 3.05) is 21.2 Å². The molecule has 4 aliphatic rings. The van der Waals surface area contributed by atoms with Gasteiger partial charge in [-0.1, -0.05) is 26.0 Å². The van der Waals surface area contributed by atoms with Gasteiger partial charge in [-0.2, -0.15) is 0 Å². The molecule has 4 heterocycles. The summed E-state index contributed by atoms with van der Waals surface area (Å²) in [6.07, 6.45) is -8.10. The van der Waals surface area contributed by atoms with Gasteiger partial charge in [0.1, 0.15) is 48.5 Å². The number of aldehydes is 1. The van der Waals surface area contributed by atoms with Crippen molar-refractivity contribution in [1.29, 1.82) is 0 Å². The summed E-state index contributed by atoms with van der Waals surface area (Å²) in [4.78, 5) is 51.9. The average molecular weight is 816 g/mol. The van der Waals surface area contributed by atoms with Crippen LogP contribution < -0.4 is 0 Å². The minimum atomic E-state index is -1.49. The molecule has 0 amide bonds. The Kier molecular flexibility index (Phi) is 17.0. The van der Waals surface area contributed by atoms with Crippen LogP contribution in [0.4, 0.5) is 0 Å². The molecule has 0 saturated carbocycles. The fourth-order valence-corrected chi connectivity index (χ4v) is 8.32. The number of carbonyl (C=O) groups excluding carboxylic acids is 4. The molecule has 0 aromatic carbocycles. The number of methoxy groups -OCH3 is 1. The van der Waals surface area contributed by atoms with Crippen LogP contribution in [0.2, 0.25) is 0 Å². The minimum absolute atomic E-state index is 0.0460. The normalized spacial score (nSPS) is 44.0. The van der Waals surface area contributed by atoms with E-state index in [9.17, 15) is 34.5 Å². The SMILES string of the molecule is CCC(=O)O[C@@H]1[C@@H](C)O[C@@H](O[C@@H]2[C@@H](N(C)C)[C@H](O)[C@@H](O[C@H]3[C@@H](CC=O)C[C@@H](C)[C@@H](O)/C=C/[C@H]4O[C@H]4C[C@@H](C)OC(=O)C[C@@H](OC(C)=O)[C@H]3OC)O[C@H]2C)C[C@@]1(C)O. The van der Waals surface area contributed by atoms with Gasteiger partial charge in [-0.25, -0.2) is 0 Å².